The second-order valence-electron chi connectivity index (χ2n) is 6.39. The number of rotatable bonds is 5. The van der Waals surface area contributed by atoms with Crippen molar-refractivity contribution in [3.8, 4) is 0 Å². The fourth-order valence-electron chi connectivity index (χ4n) is 3.00. The van der Waals surface area contributed by atoms with Gasteiger partial charge in [0, 0.05) is 32.7 Å². The first-order chi connectivity index (χ1) is 12.6. The molecule has 154 valence electrons. The third-order valence-electron chi connectivity index (χ3n) is 4.71. The normalized spacial score (nSPS) is 18.4. The van der Waals surface area contributed by atoms with Crippen LogP contribution in [-0.4, -0.2) is 60.5 Å². The van der Waals surface area contributed by atoms with Crippen LogP contribution < -0.4 is 0 Å². The summed E-state index contributed by atoms with van der Waals surface area (Å²) in [5.74, 6) is -1.24. The van der Waals surface area contributed by atoms with Gasteiger partial charge in [-0.3, -0.25) is 14.6 Å². The van der Waals surface area contributed by atoms with Gasteiger partial charge < -0.3 is 0 Å². The molecule has 1 aliphatic rings. The maximum absolute atomic E-state index is 13.7. The lowest BCUT2D eigenvalue weighted by Gasteiger charge is -2.39. The Hall–Kier alpha value is -1.18. The summed E-state index contributed by atoms with van der Waals surface area (Å²) in [6, 6.07) is 2.78. The van der Waals surface area contributed by atoms with Crippen LogP contribution in [0.1, 0.15) is 39.2 Å². The van der Waals surface area contributed by atoms with Crippen LogP contribution in [0.4, 0.5) is 17.6 Å². The van der Waals surface area contributed by atoms with E-state index in [2.05, 4.69) is 0 Å². The van der Waals surface area contributed by atoms with Gasteiger partial charge in [-0.25, -0.2) is 4.39 Å². The lowest BCUT2D eigenvalue weighted by molar-refractivity contribution is -0.182. The van der Waals surface area contributed by atoms with Gasteiger partial charge in [0.2, 0.25) is 0 Å². The minimum absolute atomic E-state index is 0.0131. The van der Waals surface area contributed by atoms with Crippen molar-refractivity contribution < 1.29 is 22.4 Å². The fourth-order valence-corrected chi connectivity index (χ4v) is 3.11. The number of halogens is 5. The average molecular weight is 411 g/mol. The molecule has 1 heterocycles. The van der Waals surface area contributed by atoms with Gasteiger partial charge in [0.05, 0.1) is 10.9 Å². The Bertz CT molecular complexity index is 616. The van der Waals surface area contributed by atoms with Gasteiger partial charge in [0.25, 0.3) is 0 Å². The number of piperazine rings is 1. The van der Waals surface area contributed by atoms with Crippen LogP contribution in [-0.2, 0) is 4.79 Å². The van der Waals surface area contributed by atoms with Crippen molar-refractivity contribution in [3.05, 3.63) is 34.6 Å². The van der Waals surface area contributed by atoms with Crippen molar-refractivity contribution in [1.29, 1.82) is 0 Å². The lowest BCUT2D eigenvalue weighted by Crippen LogP contribution is -2.54. The third-order valence-corrected chi connectivity index (χ3v) is 5.01. The number of nitrogens with zero attached hydrogens (tertiary/aromatic N) is 2. The van der Waals surface area contributed by atoms with Gasteiger partial charge in [-0.1, -0.05) is 31.5 Å². The van der Waals surface area contributed by atoms with E-state index in [1.807, 2.05) is 18.7 Å². The van der Waals surface area contributed by atoms with E-state index < -0.39 is 24.0 Å². The van der Waals surface area contributed by atoms with Crippen LogP contribution in [0.15, 0.2) is 18.2 Å². The van der Waals surface area contributed by atoms with Gasteiger partial charge in [-0.2, -0.15) is 13.2 Å². The van der Waals surface area contributed by atoms with Crippen molar-refractivity contribution in [2.24, 2.45) is 0 Å². The summed E-state index contributed by atoms with van der Waals surface area (Å²) >= 11 is 5.67. The van der Waals surface area contributed by atoms with Crippen LogP contribution in [0.25, 0.3) is 0 Å². The molecule has 1 aromatic carbocycles. The Morgan fingerprint density at radius 2 is 1.74 bits per heavy atom. The Kier molecular flexibility index (Phi) is 9.18. The van der Waals surface area contributed by atoms with E-state index in [1.54, 1.807) is 6.07 Å². The zero-order valence-corrected chi connectivity index (χ0v) is 16.9. The summed E-state index contributed by atoms with van der Waals surface area (Å²) in [7, 11) is 0. The molecule has 0 bridgehead atoms. The van der Waals surface area contributed by atoms with Crippen molar-refractivity contribution in [3.63, 3.8) is 0 Å². The van der Waals surface area contributed by atoms with Crippen LogP contribution in [0, 0.1) is 5.82 Å². The smallest absolute Gasteiger partial charge is 0.300 e. The maximum atomic E-state index is 13.7. The highest BCUT2D eigenvalue weighted by Gasteiger charge is 2.41. The van der Waals surface area contributed by atoms with E-state index in [-0.39, 0.29) is 23.9 Å². The molecule has 0 aromatic heterocycles. The molecule has 1 fully saturated rings. The quantitative estimate of drug-likeness (QED) is 0.655. The molecule has 0 amide bonds. The number of alkyl halides is 3. The van der Waals surface area contributed by atoms with Gasteiger partial charge >= 0.3 is 6.18 Å². The highest BCUT2D eigenvalue weighted by Crippen LogP contribution is 2.27. The first-order valence-electron chi connectivity index (χ1n) is 9.08. The molecule has 0 aliphatic carbocycles. The zero-order chi connectivity index (χ0) is 20.8. The number of hydrogen-bond donors (Lipinski definition) is 0. The van der Waals surface area contributed by atoms with E-state index in [1.165, 1.54) is 24.0 Å². The van der Waals surface area contributed by atoms with Gasteiger partial charge in [0.15, 0.2) is 0 Å². The van der Waals surface area contributed by atoms with Crippen LogP contribution >= 0.6 is 11.6 Å². The molecule has 1 saturated heterocycles. The minimum Gasteiger partial charge on any atom is -0.300 e. The van der Waals surface area contributed by atoms with Crippen molar-refractivity contribution in [1.82, 2.24) is 9.80 Å². The molecule has 1 aliphatic heterocycles. The first kappa shape index (κ1) is 23.9. The zero-order valence-electron chi connectivity index (χ0n) is 16.1. The molecular weight excluding hydrogens is 384 g/mol. The number of carbonyl (C=O) groups is 1. The SMILES string of the molecule is CC.CC(=O)C(CN1CCN(C(C)C(F)(F)F)CC1)c1ccc(Cl)c(F)c1. The van der Waals surface area contributed by atoms with Gasteiger partial charge in [-0.05, 0) is 31.5 Å². The lowest BCUT2D eigenvalue weighted by atomic mass is 9.94. The Labute approximate surface area is 163 Å². The average Bonchev–Trinajstić information content (AvgIpc) is 2.62. The van der Waals surface area contributed by atoms with E-state index in [0.717, 1.165) is 6.92 Å². The Morgan fingerprint density at radius 1 is 1.19 bits per heavy atom. The maximum Gasteiger partial charge on any atom is 0.403 e. The van der Waals surface area contributed by atoms with Gasteiger partial charge in [-0.15, -0.1) is 0 Å². The Balaban J connectivity index is 0.00000176. The molecule has 8 heteroatoms. The topological polar surface area (TPSA) is 23.6 Å². The standard InChI is InChI=1S/C17H21ClF4N2O.C2H6/c1-11(25)14(13-3-4-15(18)16(19)9-13)10-23-5-7-24(8-6-23)12(2)17(20,21)22;1-2/h3-4,9,12,14H,5-8,10H2,1-2H3;1-2H3. The largest absolute Gasteiger partial charge is 0.403 e. The second kappa shape index (κ2) is 10.4. The molecule has 2 unspecified atom stereocenters. The molecule has 27 heavy (non-hydrogen) atoms. The molecule has 1 aromatic rings. The minimum atomic E-state index is -4.25. The molecule has 0 spiro atoms. The summed E-state index contributed by atoms with van der Waals surface area (Å²) < 4.78 is 52.0. The van der Waals surface area contributed by atoms with Crippen LogP contribution in [0.2, 0.25) is 5.02 Å². The molecule has 2 rings (SSSR count). The molecule has 0 N–H and O–H groups in total. The third kappa shape index (κ3) is 6.73. The number of ketones is 1. The summed E-state index contributed by atoms with van der Waals surface area (Å²) in [6.45, 7) is 8.36. The highest BCUT2D eigenvalue weighted by molar-refractivity contribution is 6.30. The fraction of sp³-hybridized carbons (Fsp3) is 0.632. The summed E-state index contributed by atoms with van der Waals surface area (Å²) in [6.07, 6.45) is -4.25. The summed E-state index contributed by atoms with van der Waals surface area (Å²) in [5, 5.41) is -0.0131. The van der Waals surface area contributed by atoms with Crippen LogP contribution in [0.5, 0.6) is 0 Å². The van der Waals surface area contributed by atoms with Crippen molar-refractivity contribution >= 4 is 17.4 Å². The van der Waals surface area contributed by atoms with Crippen LogP contribution in [0.3, 0.4) is 0 Å². The summed E-state index contributed by atoms with van der Waals surface area (Å²) in [4.78, 5) is 15.3. The molecule has 3 nitrogen and oxygen atoms in total. The van der Waals surface area contributed by atoms with Crippen molar-refractivity contribution in [2.75, 3.05) is 32.7 Å². The summed E-state index contributed by atoms with van der Waals surface area (Å²) in [5.41, 5.74) is 0.528. The first-order valence-corrected chi connectivity index (χ1v) is 9.46. The van der Waals surface area contributed by atoms with E-state index in [4.69, 9.17) is 11.6 Å². The molecular formula is C19H27ClF4N2O. The highest BCUT2D eigenvalue weighted by atomic mass is 35.5. The predicted molar refractivity (Wildman–Crippen MR) is 99.7 cm³/mol. The number of carbonyl (C=O) groups excluding carboxylic acids is 1. The number of benzene rings is 1. The Morgan fingerprint density at radius 3 is 2.19 bits per heavy atom. The van der Waals surface area contributed by atoms with Crippen molar-refractivity contribution in [2.45, 2.75) is 45.8 Å². The van der Waals surface area contributed by atoms with Gasteiger partial charge in [0.1, 0.15) is 17.6 Å². The monoisotopic (exact) mass is 410 g/mol. The van der Waals surface area contributed by atoms with E-state index >= 15 is 0 Å². The van der Waals surface area contributed by atoms with E-state index in [0.29, 0.717) is 25.2 Å². The number of hydrogen-bond acceptors (Lipinski definition) is 3. The molecule has 0 radical (unpaired) electrons. The molecule has 2 atom stereocenters. The van der Waals surface area contributed by atoms with E-state index in [9.17, 15) is 22.4 Å². The predicted octanol–water partition coefficient (Wildman–Crippen LogP) is 4.75. The number of Topliss-reactive ketones (excluding diaryl/α,β-unsaturated/α-hetero) is 1. The second-order valence-corrected chi connectivity index (χ2v) is 6.80. The molecule has 0 saturated carbocycles.